The van der Waals surface area contributed by atoms with Gasteiger partial charge in [0, 0.05) is 17.3 Å². The second-order valence-corrected chi connectivity index (χ2v) is 5.61. The minimum absolute atomic E-state index is 0.316. The number of halogens is 3. The molecule has 20 heavy (non-hydrogen) atoms. The molecule has 0 unspecified atom stereocenters. The molecule has 0 amide bonds. The maximum Gasteiger partial charge on any atom is 0.139 e. The Hall–Kier alpha value is -1.57. The molecule has 0 saturated carbocycles. The van der Waals surface area contributed by atoms with Crippen molar-refractivity contribution in [3.63, 3.8) is 0 Å². The van der Waals surface area contributed by atoms with Crippen LogP contribution in [0.2, 0.25) is 5.02 Å². The van der Waals surface area contributed by atoms with Crippen LogP contribution in [-0.2, 0) is 6.54 Å². The van der Waals surface area contributed by atoms with E-state index in [9.17, 15) is 4.39 Å². The number of aryl methyl sites for hydroxylation is 1. The molecule has 0 bridgehead atoms. The Bertz CT molecular complexity index is 695. The highest BCUT2D eigenvalue weighted by molar-refractivity contribution is 9.10. The van der Waals surface area contributed by atoms with E-state index in [0.717, 1.165) is 11.1 Å². The summed E-state index contributed by atoms with van der Waals surface area (Å²) >= 11 is 9.25. The largest absolute Gasteiger partial charge is 0.381 e. The molecule has 0 fully saturated rings. The lowest BCUT2D eigenvalue weighted by molar-refractivity contribution is 0.621. The summed E-state index contributed by atoms with van der Waals surface area (Å²) in [4.78, 5) is 0. The van der Waals surface area contributed by atoms with Crippen LogP contribution in [0.15, 0.2) is 34.8 Å². The zero-order valence-electron chi connectivity index (χ0n) is 10.7. The van der Waals surface area contributed by atoms with E-state index in [1.54, 1.807) is 24.3 Å². The minimum atomic E-state index is -0.316. The SMILES string of the molecule is Cc1cc(Br)c(F)cc1NCc1ccc(C#N)cc1Cl. The van der Waals surface area contributed by atoms with E-state index in [1.165, 1.54) is 6.07 Å². The molecule has 102 valence electrons. The highest BCUT2D eigenvalue weighted by Gasteiger charge is 2.07. The quantitative estimate of drug-likeness (QED) is 0.839. The molecule has 0 saturated heterocycles. The smallest absolute Gasteiger partial charge is 0.139 e. The van der Waals surface area contributed by atoms with Gasteiger partial charge in [0.05, 0.1) is 16.1 Å². The Balaban J connectivity index is 2.17. The average Bonchev–Trinajstić information content (AvgIpc) is 2.42. The zero-order valence-corrected chi connectivity index (χ0v) is 13.0. The third-order valence-electron chi connectivity index (χ3n) is 2.92. The zero-order chi connectivity index (χ0) is 14.7. The Morgan fingerprint density at radius 3 is 2.75 bits per heavy atom. The summed E-state index contributed by atoms with van der Waals surface area (Å²) in [6, 6.07) is 10.3. The van der Waals surface area contributed by atoms with Gasteiger partial charge in [-0.3, -0.25) is 0 Å². The first-order chi connectivity index (χ1) is 9.51. The summed E-state index contributed by atoms with van der Waals surface area (Å²) in [7, 11) is 0. The molecular formula is C15H11BrClFN2. The van der Waals surface area contributed by atoms with Crippen LogP contribution in [0.25, 0.3) is 0 Å². The minimum Gasteiger partial charge on any atom is -0.381 e. The molecule has 0 atom stereocenters. The first-order valence-electron chi connectivity index (χ1n) is 5.89. The van der Waals surface area contributed by atoms with Crippen LogP contribution in [0, 0.1) is 24.1 Å². The fraction of sp³-hybridized carbons (Fsp3) is 0.133. The third kappa shape index (κ3) is 3.30. The summed E-state index contributed by atoms with van der Waals surface area (Å²) in [5, 5.41) is 12.5. The van der Waals surface area contributed by atoms with Crippen molar-refractivity contribution in [2.75, 3.05) is 5.32 Å². The van der Waals surface area contributed by atoms with Gasteiger partial charge >= 0.3 is 0 Å². The average molecular weight is 354 g/mol. The topological polar surface area (TPSA) is 35.8 Å². The highest BCUT2D eigenvalue weighted by atomic mass is 79.9. The molecule has 2 aromatic carbocycles. The van der Waals surface area contributed by atoms with Crippen LogP contribution >= 0.6 is 27.5 Å². The summed E-state index contributed by atoms with van der Waals surface area (Å²) < 4.78 is 14.0. The van der Waals surface area contributed by atoms with Crippen molar-refractivity contribution >= 4 is 33.2 Å². The van der Waals surface area contributed by atoms with Crippen LogP contribution in [-0.4, -0.2) is 0 Å². The predicted molar refractivity (Wildman–Crippen MR) is 82.3 cm³/mol. The van der Waals surface area contributed by atoms with Gasteiger partial charge in [0.25, 0.3) is 0 Å². The van der Waals surface area contributed by atoms with E-state index >= 15 is 0 Å². The van der Waals surface area contributed by atoms with Crippen molar-refractivity contribution in [3.05, 3.63) is 62.3 Å². The van der Waals surface area contributed by atoms with E-state index < -0.39 is 0 Å². The molecule has 2 aromatic rings. The summed E-state index contributed by atoms with van der Waals surface area (Å²) in [5.74, 6) is -0.316. The molecule has 0 aliphatic heterocycles. The van der Waals surface area contributed by atoms with Crippen LogP contribution in [0.5, 0.6) is 0 Å². The van der Waals surface area contributed by atoms with Crippen molar-refractivity contribution < 1.29 is 4.39 Å². The number of nitriles is 1. The van der Waals surface area contributed by atoms with Crippen LogP contribution in [0.1, 0.15) is 16.7 Å². The number of anilines is 1. The van der Waals surface area contributed by atoms with Gasteiger partial charge in [-0.1, -0.05) is 17.7 Å². The number of nitrogens with zero attached hydrogens (tertiary/aromatic N) is 1. The number of benzene rings is 2. The predicted octanol–water partition coefficient (Wildman–Crippen LogP) is 5.03. The lowest BCUT2D eigenvalue weighted by Gasteiger charge is -2.11. The normalized spacial score (nSPS) is 10.2. The molecule has 0 aromatic heterocycles. The molecule has 1 N–H and O–H groups in total. The molecule has 0 heterocycles. The fourth-order valence-corrected chi connectivity index (χ4v) is 2.49. The van der Waals surface area contributed by atoms with E-state index in [4.69, 9.17) is 16.9 Å². The Kier molecular flexibility index (Phi) is 4.64. The molecule has 0 radical (unpaired) electrons. The van der Waals surface area contributed by atoms with E-state index in [-0.39, 0.29) is 5.82 Å². The van der Waals surface area contributed by atoms with Gasteiger partial charge in [-0.05, 0) is 58.2 Å². The van der Waals surface area contributed by atoms with Crippen molar-refractivity contribution in [1.82, 2.24) is 0 Å². The summed E-state index contributed by atoms with van der Waals surface area (Å²) in [6.07, 6.45) is 0. The number of nitrogens with one attached hydrogen (secondary N) is 1. The van der Waals surface area contributed by atoms with Crippen molar-refractivity contribution in [2.45, 2.75) is 13.5 Å². The van der Waals surface area contributed by atoms with Crippen molar-refractivity contribution in [2.24, 2.45) is 0 Å². The Labute approximate surface area is 130 Å². The monoisotopic (exact) mass is 352 g/mol. The van der Waals surface area contributed by atoms with Gasteiger partial charge in [-0.15, -0.1) is 0 Å². The van der Waals surface area contributed by atoms with E-state index in [0.29, 0.717) is 27.3 Å². The third-order valence-corrected chi connectivity index (χ3v) is 3.88. The lowest BCUT2D eigenvalue weighted by atomic mass is 10.1. The molecule has 0 aliphatic rings. The fourth-order valence-electron chi connectivity index (χ4n) is 1.79. The molecule has 2 nitrogen and oxygen atoms in total. The van der Waals surface area contributed by atoms with Crippen molar-refractivity contribution in [3.8, 4) is 6.07 Å². The second kappa shape index (κ2) is 6.25. The second-order valence-electron chi connectivity index (χ2n) is 4.35. The molecular weight excluding hydrogens is 343 g/mol. The molecule has 5 heteroatoms. The summed E-state index contributed by atoms with van der Waals surface area (Å²) in [5.41, 5.74) is 3.02. The van der Waals surface area contributed by atoms with Gasteiger partial charge < -0.3 is 5.32 Å². The van der Waals surface area contributed by atoms with Crippen LogP contribution < -0.4 is 5.32 Å². The molecule has 0 aliphatic carbocycles. The van der Waals surface area contributed by atoms with E-state index in [2.05, 4.69) is 21.2 Å². The number of hydrogen-bond acceptors (Lipinski definition) is 2. The highest BCUT2D eigenvalue weighted by Crippen LogP contribution is 2.25. The molecule has 2 rings (SSSR count). The Morgan fingerprint density at radius 1 is 1.35 bits per heavy atom. The van der Waals surface area contributed by atoms with Gasteiger partial charge in [0.2, 0.25) is 0 Å². The van der Waals surface area contributed by atoms with Crippen LogP contribution in [0.3, 0.4) is 0 Å². The van der Waals surface area contributed by atoms with Gasteiger partial charge in [0.15, 0.2) is 0 Å². The van der Waals surface area contributed by atoms with Gasteiger partial charge in [-0.2, -0.15) is 5.26 Å². The van der Waals surface area contributed by atoms with Gasteiger partial charge in [0.1, 0.15) is 5.82 Å². The number of hydrogen-bond donors (Lipinski definition) is 1. The van der Waals surface area contributed by atoms with Crippen molar-refractivity contribution in [1.29, 1.82) is 5.26 Å². The van der Waals surface area contributed by atoms with Crippen LogP contribution in [0.4, 0.5) is 10.1 Å². The van der Waals surface area contributed by atoms with E-state index in [1.807, 2.05) is 13.0 Å². The first kappa shape index (κ1) is 14.8. The first-order valence-corrected chi connectivity index (χ1v) is 7.06. The maximum absolute atomic E-state index is 13.5. The summed E-state index contributed by atoms with van der Waals surface area (Å²) in [6.45, 7) is 2.36. The standard InChI is InChI=1S/C15H11BrClFN2/c1-9-4-12(16)14(18)6-15(9)20-8-11-3-2-10(7-19)5-13(11)17/h2-6,20H,8H2,1H3. The lowest BCUT2D eigenvalue weighted by Crippen LogP contribution is -2.02. The number of rotatable bonds is 3. The maximum atomic E-state index is 13.5. The Morgan fingerprint density at radius 2 is 2.10 bits per heavy atom. The van der Waals surface area contributed by atoms with Gasteiger partial charge in [-0.25, -0.2) is 4.39 Å². The molecule has 0 spiro atoms.